The third-order valence-corrected chi connectivity index (χ3v) is 3.68. The first-order valence-electron chi connectivity index (χ1n) is 6.79. The maximum atomic E-state index is 5.76. The molecule has 0 atom stereocenters. The zero-order chi connectivity index (χ0) is 13.5. The van der Waals surface area contributed by atoms with Gasteiger partial charge < -0.3 is 15.0 Å². The highest BCUT2D eigenvalue weighted by molar-refractivity contribution is 6.99. The van der Waals surface area contributed by atoms with Gasteiger partial charge in [0.1, 0.15) is 5.69 Å². The van der Waals surface area contributed by atoms with Crippen molar-refractivity contribution in [3.05, 3.63) is 11.8 Å². The molecular formula is C13H22N4OS. The molecule has 0 saturated carbocycles. The minimum Gasteiger partial charge on any atom is -0.475 e. The van der Waals surface area contributed by atoms with Crippen molar-refractivity contribution in [3.63, 3.8) is 0 Å². The number of nitrogens with one attached hydrogen (secondary N) is 1. The van der Waals surface area contributed by atoms with E-state index in [0.717, 1.165) is 44.6 Å². The molecule has 0 unspecified atom stereocenters. The highest BCUT2D eigenvalue weighted by Crippen LogP contribution is 2.26. The van der Waals surface area contributed by atoms with Gasteiger partial charge in [-0.2, -0.15) is 4.37 Å². The van der Waals surface area contributed by atoms with E-state index in [-0.39, 0.29) is 0 Å². The molecule has 0 bridgehead atoms. The van der Waals surface area contributed by atoms with Gasteiger partial charge in [0.15, 0.2) is 0 Å². The summed E-state index contributed by atoms with van der Waals surface area (Å²) in [5.41, 5.74) is 2.18. The highest BCUT2D eigenvalue weighted by Gasteiger charge is 2.18. The van der Waals surface area contributed by atoms with Gasteiger partial charge in [-0.1, -0.05) is 6.08 Å². The number of ether oxygens (including phenoxy) is 1. The molecular weight excluding hydrogens is 260 g/mol. The van der Waals surface area contributed by atoms with Crippen LogP contribution in [0.2, 0.25) is 0 Å². The third-order valence-electron chi connectivity index (χ3n) is 3.16. The summed E-state index contributed by atoms with van der Waals surface area (Å²) in [5.74, 6) is 0.705. The average molecular weight is 282 g/mol. The largest absolute Gasteiger partial charge is 0.475 e. The fourth-order valence-electron chi connectivity index (χ4n) is 2.11. The SMILES string of the molecule is CNCCCCOc1nsnc1C1=CCCN(C)C1. The summed E-state index contributed by atoms with van der Waals surface area (Å²) in [6.45, 7) is 3.79. The van der Waals surface area contributed by atoms with E-state index in [1.54, 1.807) is 0 Å². The normalized spacial score (nSPS) is 16.4. The van der Waals surface area contributed by atoms with Gasteiger partial charge in [0.2, 0.25) is 0 Å². The highest BCUT2D eigenvalue weighted by atomic mass is 32.1. The number of nitrogens with zero attached hydrogens (tertiary/aromatic N) is 3. The molecule has 0 spiro atoms. The Kier molecular flexibility index (Phi) is 5.75. The molecule has 0 radical (unpaired) electrons. The molecule has 1 aliphatic heterocycles. The number of likely N-dealkylation sites (N-methyl/N-ethyl adjacent to an activating group) is 1. The van der Waals surface area contributed by atoms with Crippen molar-refractivity contribution in [3.8, 4) is 5.88 Å². The second-order valence-electron chi connectivity index (χ2n) is 4.83. The van der Waals surface area contributed by atoms with Crippen LogP contribution in [0.25, 0.3) is 5.57 Å². The lowest BCUT2D eigenvalue weighted by Crippen LogP contribution is -2.25. The third kappa shape index (κ3) is 4.26. The van der Waals surface area contributed by atoms with Gasteiger partial charge >= 0.3 is 0 Å². The van der Waals surface area contributed by atoms with Gasteiger partial charge in [0, 0.05) is 13.1 Å². The predicted octanol–water partition coefficient (Wildman–Crippen LogP) is 1.64. The van der Waals surface area contributed by atoms with E-state index >= 15 is 0 Å². The van der Waals surface area contributed by atoms with Crippen LogP contribution in [0, 0.1) is 0 Å². The maximum Gasteiger partial charge on any atom is 0.253 e. The van der Waals surface area contributed by atoms with Crippen molar-refractivity contribution in [1.82, 2.24) is 19.0 Å². The lowest BCUT2D eigenvalue weighted by Gasteiger charge is -2.22. The molecule has 1 aromatic rings. The minimum atomic E-state index is 0.705. The molecule has 1 aliphatic rings. The van der Waals surface area contributed by atoms with Crippen molar-refractivity contribution >= 4 is 17.3 Å². The number of unbranched alkanes of at least 4 members (excludes halogenated alkanes) is 1. The molecule has 19 heavy (non-hydrogen) atoms. The number of hydrogen-bond donors (Lipinski definition) is 1. The van der Waals surface area contributed by atoms with Crippen LogP contribution in [-0.2, 0) is 0 Å². The van der Waals surface area contributed by atoms with Crippen LogP contribution in [0.3, 0.4) is 0 Å². The predicted molar refractivity (Wildman–Crippen MR) is 78.7 cm³/mol. The molecule has 106 valence electrons. The van der Waals surface area contributed by atoms with E-state index in [0.29, 0.717) is 12.5 Å². The van der Waals surface area contributed by atoms with Gasteiger partial charge in [-0.15, -0.1) is 4.37 Å². The Balaban J connectivity index is 1.88. The maximum absolute atomic E-state index is 5.76. The Hall–Kier alpha value is -0.980. The number of hydrogen-bond acceptors (Lipinski definition) is 6. The minimum absolute atomic E-state index is 0.705. The Morgan fingerprint density at radius 3 is 3.11 bits per heavy atom. The monoisotopic (exact) mass is 282 g/mol. The lowest BCUT2D eigenvalue weighted by atomic mass is 10.1. The lowest BCUT2D eigenvalue weighted by molar-refractivity contribution is 0.296. The Bertz CT molecular complexity index is 419. The van der Waals surface area contributed by atoms with Crippen LogP contribution >= 0.6 is 11.7 Å². The van der Waals surface area contributed by atoms with E-state index in [4.69, 9.17) is 4.74 Å². The number of aromatic nitrogens is 2. The van der Waals surface area contributed by atoms with Crippen molar-refractivity contribution in [1.29, 1.82) is 0 Å². The second-order valence-corrected chi connectivity index (χ2v) is 5.36. The molecule has 0 amide bonds. The molecule has 2 rings (SSSR count). The molecule has 0 aliphatic carbocycles. The first kappa shape index (κ1) is 14.4. The summed E-state index contributed by atoms with van der Waals surface area (Å²) < 4.78 is 14.4. The summed E-state index contributed by atoms with van der Waals surface area (Å²) in [6, 6.07) is 0. The van der Waals surface area contributed by atoms with Crippen molar-refractivity contribution in [2.75, 3.05) is 40.3 Å². The van der Waals surface area contributed by atoms with Crippen LogP contribution < -0.4 is 10.1 Å². The summed E-state index contributed by atoms with van der Waals surface area (Å²) >= 11 is 1.23. The summed E-state index contributed by atoms with van der Waals surface area (Å²) in [7, 11) is 4.10. The van der Waals surface area contributed by atoms with Gasteiger partial charge in [0.05, 0.1) is 18.3 Å². The molecule has 6 heteroatoms. The first-order chi connectivity index (χ1) is 9.31. The first-order valence-corrected chi connectivity index (χ1v) is 7.52. The van der Waals surface area contributed by atoms with E-state index < -0.39 is 0 Å². The number of rotatable bonds is 7. The molecule has 0 saturated heterocycles. The fourth-order valence-corrected chi connectivity index (χ4v) is 2.64. The second kappa shape index (κ2) is 7.57. The molecule has 5 nitrogen and oxygen atoms in total. The summed E-state index contributed by atoms with van der Waals surface area (Å²) in [4.78, 5) is 2.30. The summed E-state index contributed by atoms with van der Waals surface area (Å²) in [5, 5.41) is 3.13. The molecule has 1 N–H and O–H groups in total. The fraction of sp³-hybridized carbons (Fsp3) is 0.692. The van der Waals surface area contributed by atoms with Gasteiger partial charge in [-0.25, -0.2) is 0 Å². The molecule has 1 aromatic heterocycles. The molecule has 0 fully saturated rings. The quantitative estimate of drug-likeness (QED) is 0.770. The topological polar surface area (TPSA) is 50.3 Å². The van der Waals surface area contributed by atoms with Crippen LogP contribution in [0.15, 0.2) is 6.08 Å². The van der Waals surface area contributed by atoms with Gasteiger partial charge in [-0.05, 0) is 45.5 Å². The van der Waals surface area contributed by atoms with Crippen LogP contribution in [0.1, 0.15) is 25.0 Å². The van der Waals surface area contributed by atoms with E-state index in [1.807, 2.05) is 7.05 Å². The Labute approximate surface area is 119 Å². The van der Waals surface area contributed by atoms with Crippen LogP contribution in [0.5, 0.6) is 5.88 Å². The Morgan fingerprint density at radius 2 is 2.32 bits per heavy atom. The van der Waals surface area contributed by atoms with Crippen molar-refractivity contribution < 1.29 is 4.74 Å². The standard InChI is InChI=1S/C13H22N4OS/c1-14-7-3-4-9-18-13-12(15-19-16-13)11-6-5-8-17(2)10-11/h6,14H,3-5,7-10H2,1-2H3. The zero-order valence-electron chi connectivity index (χ0n) is 11.7. The van der Waals surface area contributed by atoms with E-state index in [1.165, 1.54) is 17.3 Å². The van der Waals surface area contributed by atoms with Gasteiger partial charge in [-0.3, -0.25) is 0 Å². The van der Waals surface area contributed by atoms with Crippen molar-refractivity contribution in [2.24, 2.45) is 0 Å². The van der Waals surface area contributed by atoms with E-state index in [9.17, 15) is 0 Å². The van der Waals surface area contributed by atoms with E-state index in [2.05, 4.69) is 32.1 Å². The molecule has 2 heterocycles. The van der Waals surface area contributed by atoms with Gasteiger partial charge in [0.25, 0.3) is 5.88 Å². The molecule has 0 aromatic carbocycles. The summed E-state index contributed by atoms with van der Waals surface area (Å²) in [6.07, 6.45) is 5.49. The zero-order valence-corrected chi connectivity index (χ0v) is 12.5. The smallest absolute Gasteiger partial charge is 0.253 e. The van der Waals surface area contributed by atoms with Crippen LogP contribution in [-0.4, -0.2) is 54.0 Å². The van der Waals surface area contributed by atoms with Crippen LogP contribution in [0.4, 0.5) is 0 Å². The Morgan fingerprint density at radius 1 is 1.42 bits per heavy atom. The van der Waals surface area contributed by atoms with Crippen molar-refractivity contribution in [2.45, 2.75) is 19.3 Å². The average Bonchev–Trinajstić information content (AvgIpc) is 2.87.